The molecule has 0 saturated carbocycles. The van der Waals surface area contributed by atoms with E-state index in [1.54, 1.807) is 25.1 Å². The van der Waals surface area contributed by atoms with E-state index in [4.69, 9.17) is 15.2 Å². The molecule has 0 aromatic heterocycles. The van der Waals surface area contributed by atoms with E-state index in [0.29, 0.717) is 11.5 Å². The lowest BCUT2D eigenvalue weighted by Crippen LogP contribution is -2.11. The summed E-state index contributed by atoms with van der Waals surface area (Å²) in [6.45, 7) is 1.73. The molecular formula is C12H16F3NO2S. The van der Waals surface area contributed by atoms with Crippen LogP contribution >= 0.6 is 11.8 Å². The molecule has 0 spiro atoms. The minimum absolute atomic E-state index is 0.0446. The molecule has 1 aromatic rings. The number of hydrogen-bond donors (Lipinski definition) is 1. The lowest BCUT2D eigenvalue weighted by Gasteiger charge is -2.15. The van der Waals surface area contributed by atoms with Crippen LogP contribution in [0.5, 0.6) is 11.5 Å². The number of rotatable bonds is 6. The van der Waals surface area contributed by atoms with Crippen LogP contribution in [0.25, 0.3) is 0 Å². The first-order chi connectivity index (χ1) is 8.83. The van der Waals surface area contributed by atoms with Crippen LogP contribution in [-0.4, -0.2) is 25.0 Å². The van der Waals surface area contributed by atoms with Crippen LogP contribution in [-0.2, 0) is 0 Å². The summed E-state index contributed by atoms with van der Waals surface area (Å²) in [6.07, 6.45) is 0. The zero-order chi connectivity index (χ0) is 14.5. The Kier molecular flexibility index (Phi) is 5.81. The molecule has 7 heteroatoms. The van der Waals surface area contributed by atoms with Gasteiger partial charge in [-0.3, -0.25) is 0 Å². The molecule has 1 atom stereocenters. The Bertz CT molecular complexity index is 410. The largest absolute Gasteiger partial charge is 0.497 e. The molecule has 0 bridgehead atoms. The van der Waals surface area contributed by atoms with E-state index >= 15 is 0 Å². The number of methoxy groups -OCH3 is 1. The lowest BCUT2D eigenvalue weighted by molar-refractivity contribution is -0.0329. The first-order valence-electron chi connectivity index (χ1n) is 5.60. The topological polar surface area (TPSA) is 44.5 Å². The van der Waals surface area contributed by atoms with Crippen LogP contribution in [0.2, 0.25) is 0 Å². The van der Waals surface area contributed by atoms with Crippen LogP contribution in [0.4, 0.5) is 13.2 Å². The minimum atomic E-state index is -4.23. The number of benzene rings is 1. The van der Waals surface area contributed by atoms with Crippen LogP contribution < -0.4 is 15.2 Å². The van der Waals surface area contributed by atoms with Crippen molar-refractivity contribution < 1.29 is 22.6 Å². The molecule has 2 N–H and O–H groups in total. The van der Waals surface area contributed by atoms with E-state index in [9.17, 15) is 13.2 Å². The quantitative estimate of drug-likeness (QED) is 0.817. The Morgan fingerprint density at radius 2 is 2.05 bits per heavy atom. The molecule has 108 valence electrons. The third-order valence-corrected chi connectivity index (χ3v) is 3.02. The maximum atomic E-state index is 12.0. The predicted molar refractivity (Wildman–Crippen MR) is 69.6 cm³/mol. The zero-order valence-corrected chi connectivity index (χ0v) is 11.5. The molecule has 0 saturated heterocycles. The van der Waals surface area contributed by atoms with Gasteiger partial charge in [0.05, 0.1) is 13.7 Å². The van der Waals surface area contributed by atoms with E-state index in [2.05, 4.69) is 0 Å². The van der Waals surface area contributed by atoms with Gasteiger partial charge < -0.3 is 15.2 Å². The van der Waals surface area contributed by atoms with Crippen LogP contribution in [0.15, 0.2) is 18.2 Å². The van der Waals surface area contributed by atoms with Gasteiger partial charge in [-0.15, -0.1) is 0 Å². The summed E-state index contributed by atoms with van der Waals surface area (Å²) in [5, 5.41) is 0. The second-order valence-electron chi connectivity index (χ2n) is 3.84. The van der Waals surface area contributed by atoms with Crippen molar-refractivity contribution in [3.05, 3.63) is 23.8 Å². The predicted octanol–water partition coefficient (Wildman–Crippen LogP) is 3.35. The molecule has 0 amide bonds. The van der Waals surface area contributed by atoms with Gasteiger partial charge in [0.15, 0.2) is 0 Å². The van der Waals surface area contributed by atoms with Crippen molar-refractivity contribution in [1.29, 1.82) is 0 Å². The summed E-state index contributed by atoms with van der Waals surface area (Å²) in [5.41, 5.74) is 2.27. The average molecular weight is 295 g/mol. The zero-order valence-electron chi connectivity index (χ0n) is 10.7. The maximum Gasteiger partial charge on any atom is 0.441 e. The highest BCUT2D eigenvalue weighted by molar-refractivity contribution is 8.00. The second-order valence-corrected chi connectivity index (χ2v) is 4.99. The summed E-state index contributed by atoms with van der Waals surface area (Å²) in [6, 6.07) is 4.83. The van der Waals surface area contributed by atoms with Crippen LogP contribution in [0.3, 0.4) is 0 Å². The molecule has 0 radical (unpaired) electrons. The van der Waals surface area contributed by atoms with Crippen molar-refractivity contribution in [1.82, 2.24) is 0 Å². The first-order valence-corrected chi connectivity index (χ1v) is 6.59. The van der Waals surface area contributed by atoms with Gasteiger partial charge in [0, 0.05) is 23.4 Å². The van der Waals surface area contributed by atoms with Gasteiger partial charge >= 0.3 is 5.51 Å². The fraction of sp³-hybridized carbons (Fsp3) is 0.500. The molecule has 0 aliphatic rings. The van der Waals surface area contributed by atoms with Crippen molar-refractivity contribution in [2.45, 2.75) is 18.5 Å². The number of hydrogen-bond acceptors (Lipinski definition) is 4. The standard InChI is InChI=1S/C12H16F3NO2S/c1-8(16)10-4-3-9(17-2)7-11(10)18-5-6-19-12(13,14)15/h3-4,7-8H,5-6,16H2,1-2H3/t8-/m0/s1. The number of alkyl halides is 3. The Morgan fingerprint density at radius 3 is 2.58 bits per heavy atom. The number of ether oxygens (including phenoxy) is 2. The Morgan fingerprint density at radius 1 is 1.37 bits per heavy atom. The highest BCUT2D eigenvalue weighted by Gasteiger charge is 2.27. The van der Waals surface area contributed by atoms with Crippen LogP contribution in [0, 0.1) is 0 Å². The molecule has 19 heavy (non-hydrogen) atoms. The summed E-state index contributed by atoms with van der Waals surface area (Å²) in [4.78, 5) is 0. The molecule has 0 aliphatic carbocycles. The number of thioether (sulfide) groups is 1. The van der Waals surface area contributed by atoms with Gasteiger partial charge in [-0.2, -0.15) is 13.2 Å². The molecule has 0 heterocycles. The SMILES string of the molecule is COc1ccc([C@H](C)N)c(OCCSC(F)(F)F)c1. The fourth-order valence-corrected chi connectivity index (χ4v) is 1.85. The maximum absolute atomic E-state index is 12.0. The second kappa shape index (κ2) is 6.91. The van der Waals surface area contributed by atoms with Gasteiger partial charge in [-0.25, -0.2) is 0 Å². The molecule has 0 fully saturated rings. The average Bonchev–Trinajstić information content (AvgIpc) is 2.33. The summed E-state index contributed by atoms with van der Waals surface area (Å²) < 4.78 is 46.3. The molecule has 0 aliphatic heterocycles. The highest BCUT2D eigenvalue weighted by atomic mass is 32.2. The highest BCUT2D eigenvalue weighted by Crippen LogP contribution is 2.31. The Labute approximate surface area is 114 Å². The van der Waals surface area contributed by atoms with Crippen molar-refractivity contribution in [2.75, 3.05) is 19.5 Å². The van der Waals surface area contributed by atoms with Gasteiger partial charge in [-0.1, -0.05) is 6.07 Å². The van der Waals surface area contributed by atoms with Gasteiger partial charge in [0.1, 0.15) is 11.5 Å². The van der Waals surface area contributed by atoms with E-state index in [-0.39, 0.29) is 30.2 Å². The lowest BCUT2D eigenvalue weighted by atomic mass is 10.1. The molecule has 3 nitrogen and oxygen atoms in total. The Hall–Kier alpha value is -1.08. The summed E-state index contributed by atoms with van der Waals surface area (Å²) >= 11 is -0.110. The minimum Gasteiger partial charge on any atom is -0.497 e. The Balaban J connectivity index is 2.65. The van der Waals surface area contributed by atoms with Crippen molar-refractivity contribution >= 4 is 11.8 Å². The van der Waals surface area contributed by atoms with Gasteiger partial charge in [0.2, 0.25) is 0 Å². The van der Waals surface area contributed by atoms with E-state index in [0.717, 1.165) is 5.56 Å². The fourth-order valence-electron chi connectivity index (χ4n) is 1.45. The monoisotopic (exact) mass is 295 g/mol. The smallest absolute Gasteiger partial charge is 0.441 e. The third kappa shape index (κ3) is 5.61. The van der Waals surface area contributed by atoms with Gasteiger partial charge in [-0.05, 0) is 24.8 Å². The summed E-state index contributed by atoms with van der Waals surface area (Å²) in [7, 11) is 1.50. The van der Waals surface area contributed by atoms with Crippen molar-refractivity contribution in [3.63, 3.8) is 0 Å². The van der Waals surface area contributed by atoms with Crippen molar-refractivity contribution in [3.8, 4) is 11.5 Å². The van der Waals surface area contributed by atoms with Gasteiger partial charge in [0.25, 0.3) is 0 Å². The van der Waals surface area contributed by atoms with E-state index in [1.165, 1.54) is 7.11 Å². The molecule has 1 aromatic carbocycles. The third-order valence-electron chi connectivity index (χ3n) is 2.32. The van der Waals surface area contributed by atoms with Crippen molar-refractivity contribution in [2.24, 2.45) is 5.73 Å². The van der Waals surface area contributed by atoms with Crippen LogP contribution in [0.1, 0.15) is 18.5 Å². The van der Waals surface area contributed by atoms with E-state index < -0.39 is 5.51 Å². The molecule has 1 rings (SSSR count). The molecule has 0 unspecified atom stereocenters. The normalized spacial score (nSPS) is 13.2. The first kappa shape index (κ1) is 16.0. The molecular weight excluding hydrogens is 279 g/mol. The number of nitrogens with two attached hydrogens (primary N) is 1. The number of halogens is 3. The summed E-state index contributed by atoms with van der Waals surface area (Å²) in [5.74, 6) is 0.860. The van der Waals surface area contributed by atoms with E-state index in [1.807, 2.05) is 0 Å².